The SMILES string of the molecule is C=CC1(C)C[C@@H](OC(=O)CO)[C@]2(C)C(C)CCC(CCC=O)(C2C)[C@](C)(N)C1O. The Morgan fingerprint density at radius 2 is 1.93 bits per heavy atom. The molecule has 0 aliphatic heterocycles. The lowest BCUT2D eigenvalue weighted by Gasteiger charge is -2.67. The summed E-state index contributed by atoms with van der Waals surface area (Å²) in [6.07, 6.45) is 4.10. The fourth-order valence-electron chi connectivity index (χ4n) is 6.53. The Bertz CT molecular complexity index is 649. The molecule has 5 unspecified atom stereocenters. The molecule has 6 heteroatoms. The lowest BCUT2D eigenvalue weighted by Crippen LogP contribution is -2.73. The van der Waals surface area contributed by atoms with E-state index < -0.39 is 46.6 Å². The fraction of sp³-hybridized carbons (Fsp3) is 0.826. The maximum atomic E-state index is 12.1. The quantitative estimate of drug-likeness (QED) is 0.353. The third-order valence-electron chi connectivity index (χ3n) is 9.01. The van der Waals surface area contributed by atoms with Gasteiger partial charge in [0.25, 0.3) is 0 Å². The minimum Gasteiger partial charge on any atom is -0.460 e. The number of hydrogen-bond donors (Lipinski definition) is 3. The number of nitrogens with two attached hydrogens (primary N) is 1. The molecule has 2 aliphatic rings. The summed E-state index contributed by atoms with van der Waals surface area (Å²) in [6.45, 7) is 13.5. The molecule has 166 valence electrons. The number of carbonyl (C=O) groups is 2. The van der Waals surface area contributed by atoms with Gasteiger partial charge in [0.2, 0.25) is 0 Å². The Balaban J connectivity index is 2.75. The van der Waals surface area contributed by atoms with Crippen molar-refractivity contribution in [2.75, 3.05) is 6.61 Å². The number of ether oxygens (including phenoxy) is 1. The van der Waals surface area contributed by atoms with E-state index in [-0.39, 0.29) is 11.8 Å². The van der Waals surface area contributed by atoms with Crippen LogP contribution in [0.25, 0.3) is 0 Å². The van der Waals surface area contributed by atoms with Gasteiger partial charge in [-0.05, 0) is 49.9 Å². The van der Waals surface area contributed by atoms with Crippen LogP contribution in [0.5, 0.6) is 0 Å². The highest BCUT2D eigenvalue weighted by Crippen LogP contribution is 2.65. The first-order valence-electron chi connectivity index (χ1n) is 10.7. The summed E-state index contributed by atoms with van der Waals surface area (Å²) < 4.78 is 5.81. The van der Waals surface area contributed by atoms with E-state index in [4.69, 9.17) is 10.5 Å². The number of aliphatic hydroxyl groups is 2. The lowest BCUT2D eigenvalue weighted by molar-refractivity contribution is -0.219. The van der Waals surface area contributed by atoms with Crippen LogP contribution in [-0.2, 0) is 14.3 Å². The molecule has 0 aromatic heterocycles. The topological polar surface area (TPSA) is 110 Å². The molecular weight excluding hydrogens is 370 g/mol. The highest BCUT2D eigenvalue weighted by atomic mass is 16.6. The van der Waals surface area contributed by atoms with E-state index in [1.165, 1.54) is 0 Å². The van der Waals surface area contributed by atoms with Gasteiger partial charge in [-0.1, -0.05) is 33.8 Å². The molecule has 8 atom stereocenters. The number of rotatable bonds is 6. The molecule has 0 saturated heterocycles. The summed E-state index contributed by atoms with van der Waals surface area (Å²) in [6, 6.07) is 0. The summed E-state index contributed by atoms with van der Waals surface area (Å²) in [5.41, 5.74) is 4.27. The van der Waals surface area contributed by atoms with Gasteiger partial charge >= 0.3 is 5.97 Å². The van der Waals surface area contributed by atoms with Crippen LogP contribution < -0.4 is 5.73 Å². The van der Waals surface area contributed by atoms with Gasteiger partial charge in [-0.15, -0.1) is 6.58 Å². The van der Waals surface area contributed by atoms with Crippen LogP contribution in [0.3, 0.4) is 0 Å². The molecule has 2 aliphatic carbocycles. The fourth-order valence-corrected chi connectivity index (χ4v) is 6.53. The second-order valence-corrected chi connectivity index (χ2v) is 10.1. The van der Waals surface area contributed by atoms with Gasteiger partial charge in [-0.2, -0.15) is 0 Å². The zero-order valence-electron chi connectivity index (χ0n) is 18.6. The number of aliphatic hydroxyl groups excluding tert-OH is 2. The first-order chi connectivity index (χ1) is 13.4. The number of fused-ring (bicyclic) bond motifs is 2. The Morgan fingerprint density at radius 3 is 2.45 bits per heavy atom. The van der Waals surface area contributed by atoms with Crippen molar-refractivity contribution in [2.45, 2.75) is 84.5 Å². The third-order valence-corrected chi connectivity index (χ3v) is 9.01. The van der Waals surface area contributed by atoms with E-state index in [0.29, 0.717) is 19.3 Å². The van der Waals surface area contributed by atoms with Gasteiger partial charge in [0.15, 0.2) is 0 Å². The lowest BCUT2D eigenvalue weighted by atomic mass is 9.40. The van der Waals surface area contributed by atoms with Crippen LogP contribution >= 0.6 is 0 Å². The predicted molar refractivity (Wildman–Crippen MR) is 112 cm³/mol. The van der Waals surface area contributed by atoms with Crippen LogP contribution in [0.1, 0.15) is 66.7 Å². The molecule has 29 heavy (non-hydrogen) atoms. The smallest absolute Gasteiger partial charge is 0.332 e. The van der Waals surface area contributed by atoms with E-state index in [0.717, 1.165) is 19.1 Å². The molecule has 2 bridgehead atoms. The summed E-state index contributed by atoms with van der Waals surface area (Å²) in [4.78, 5) is 23.4. The highest BCUT2D eigenvalue weighted by Gasteiger charge is 2.66. The summed E-state index contributed by atoms with van der Waals surface area (Å²) in [7, 11) is 0. The van der Waals surface area contributed by atoms with Crippen LogP contribution in [-0.4, -0.2) is 46.8 Å². The van der Waals surface area contributed by atoms with Gasteiger partial charge < -0.3 is 25.5 Å². The summed E-state index contributed by atoms with van der Waals surface area (Å²) in [5.74, 6) is -0.454. The Labute approximate surface area is 174 Å². The maximum Gasteiger partial charge on any atom is 0.332 e. The zero-order chi connectivity index (χ0) is 22.3. The number of carbonyl (C=O) groups excluding carboxylic acids is 2. The van der Waals surface area contributed by atoms with Crippen molar-refractivity contribution in [3.63, 3.8) is 0 Å². The van der Waals surface area contributed by atoms with Crippen molar-refractivity contribution in [3.8, 4) is 0 Å². The molecule has 2 fully saturated rings. The molecular formula is C23H39NO5. The predicted octanol–water partition coefficient (Wildman–Crippen LogP) is 2.60. The van der Waals surface area contributed by atoms with Crippen molar-refractivity contribution in [2.24, 2.45) is 33.8 Å². The second-order valence-electron chi connectivity index (χ2n) is 10.1. The summed E-state index contributed by atoms with van der Waals surface area (Å²) >= 11 is 0. The highest BCUT2D eigenvalue weighted by molar-refractivity contribution is 5.70. The van der Waals surface area contributed by atoms with E-state index in [1.807, 2.05) is 13.8 Å². The van der Waals surface area contributed by atoms with Crippen LogP contribution in [0.2, 0.25) is 0 Å². The minimum atomic E-state index is -0.967. The van der Waals surface area contributed by atoms with Crippen LogP contribution in [0, 0.1) is 28.1 Å². The molecule has 6 nitrogen and oxygen atoms in total. The maximum absolute atomic E-state index is 12.1. The molecule has 0 aromatic rings. The molecule has 4 N–H and O–H groups in total. The standard InChI is InChI=1S/C23H39NO5/c1-7-20(4)13-17(29-18(27)14-26)21(5)15(2)9-11-23(16(21)3,10-8-12-25)22(6,24)19(20)28/h7,12,15-17,19,26,28H,1,8-11,13-14,24H2,2-6H3/t15?,16?,17-,19?,20?,21-,22-,23?/m1/s1. The van der Waals surface area contributed by atoms with Crippen LogP contribution in [0.15, 0.2) is 12.7 Å². The number of hydrogen-bond acceptors (Lipinski definition) is 6. The molecule has 0 radical (unpaired) electrons. The van der Waals surface area contributed by atoms with Gasteiger partial charge in [0.1, 0.15) is 19.0 Å². The zero-order valence-corrected chi connectivity index (χ0v) is 18.6. The van der Waals surface area contributed by atoms with E-state index >= 15 is 0 Å². The molecule has 0 heterocycles. The molecule has 0 spiro atoms. The molecule has 2 saturated carbocycles. The average Bonchev–Trinajstić information content (AvgIpc) is 2.69. The van der Waals surface area contributed by atoms with Gasteiger partial charge in [0, 0.05) is 22.8 Å². The number of aldehydes is 1. The van der Waals surface area contributed by atoms with Crippen molar-refractivity contribution >= 4 is 12.3 Å². The monoisotopic (exact) mass is 409 g/mol. The van der Waals surface area contributed by atoms with Crippen molar-refractivity contribution in [3.05, 3.63) is 12.7 Å². The van der Waals surface area contributed by atoms with E-state index in [9.17, 15) is 19.8 Å². The Kier molecular flexibility index (Phi) is 6.73. The van der Waals surface area contributed by atoms with Crippen molar-refractivity contribution in [1.29, 1.82) is 0 Å². The normalized spacial score (nSPS) is 47.6. The molecule has 0 amide bonds. The largest absolute Gasteiger partial charge is 0.460 e. The Hall–Kier alpha value is -1.24. The first-order valence-corrected chi connectivity index (χ1v) is 10.7. The minimum absolute atomic E-state index is 0.0193. The van der Waals surface area contributed by atoms with Crippen molar-refractivity contribution < 1.29 is 24.5 Å². The van der Waals surface area contributed by atoms with Gasteiger partial charge in [0.05, 0.1) is 6.10 Å². The molecule has 0 aromatic carbocycles. The van der Waals surface area contributed by atoms with Gasteiger partial charge in [-0.25, -0.2) is 4.79 Å². The first kappa shape index (κ1) is 24.0. The van der Waals surface area contributed by atoms with E-state index in [2.05, 4.69) is 27.4 Å². The molecule has 2 rings (SSSR count). The van der Waals surface area contributed by atoms with Crippen molar-refractivity contribution in [1.82, 2.24) is 0 Å². The average molecular weight is 410 g/mol. The summed E-state index contributed by atoms with van der Waals surface area (Å²) in [5, 5.41) is 20.9. The third kappa shape index (κ3) is 3.47. The van der Waals surface area contributed by atoms with Crippen LogP contribution in [0.4, 0.5) is 0 Å². The Morgan fingerprint density at radius 1 is 1.31 bits per heavy atom. The van der Waals surface area contributed by atoms with Gasteiger partial charge in [-0.3, -0.25) is 0 Å². The second kappa shape index (κ2) is 8.12. The number of esters is 1. The van der Waals surface area contributed by atoms with E-state index in [1.54, 1.807) is 6.08 Å².